The molecule has 5 heteroatoms. The molecule has 3 N–H and O–H groups in total. The Morgan fingerprint density at radius 2 is 1.26 bits per heavy atom. The number of carbonyl (C=O) groups is 2. The summed E-state index contributed by atoms with van der Waals surface area (Å²) in [6.45, 7) is 2.19. The van der Waals surface area contributed by atoms with Gasteiger partial charge in [-0.05, 0) is 60.5 Å². The molecule has 2 amide bonds. The average Bonchev–Trinajstić information content (AvgIpc) is 2.99. The molecule has 4 rings (SSSR count). The standard InChI is InChI=1S/C34H37N3O2/c38-33(31-21-11-10-20-30(31)29-18-8-3-9-19-29)37-32(34(39)36-25-23-27-14-4-1-5-15-27)22-12-13-24-35-26-28-16-6-2-7-17-28/h1-11,14-21,32,35H,12-13,22-26H2,(H,36,39)(H,37,38)/t32-/m0/s1. The van der Waals surface area contributed by atoms with Crippen molar-refractivity contribution >= 4 is 11.8 Å². The summed E-state index contributed by atoms with van der Waals surface area (Å²) in [6.07, 6.45) is 3.05. The Balaban J connectivity index is 1.36. The number of unbranched alkanes of at least 4 members (excludes halogenated alkanes) is 1. The van der Waals surface area contributed by atoms with Crippen LogP contribution < -0.4 is 16.0 Å². The maximum Gasteiger partial charge on any atom is 0.252 e. The van der Waals surface area contributed by atoms with Crippen LogP contribution in [0.2, 0.25) is 0 Å². The zero-order valence-electron chi connectivity index (χ0n) is 22.3. The number of hydrogen-bond donors (Lipinski definition) is 3. The number of amides is 2. The lowest BCUT2D eigenvalue weighted by Gasteiger charge is -2.20. The molecule has 0 heterocycles. The van der Waals surface area contributed by atoms with E-state index in [4.69, 9.17) is 0 Å². The molecule has 1 atom stereocenters. The molecular weight excluding hydrogens is 482 g/mol. The highest BCUT2D eigenvalue weighted by atomic mass is 16.2. The first kappa shape index (κ1) is 27.8. The highest BCUT2D eigenvalue weighted by molar-refractivity contribution is 6.02. The smallest absolute Gasteiger partial charge is 0.252 e. The van der Waals surface area contributed by atoms with E-state index >= 15 is 0 Å². The van der Waals surface area contributed by atoms with Gasteiger partial charge in [0.15, 0.2) is 0 Å². The molecule has 0 aliphatic rings. The van der Waals surface area contributed by atoms with E-state index in [0.29, 0.717) is 18.5 Å². The van der Waals surface area contributed by atoms with E-state index in [2.05, 4.69) is 28.1 Å². The molecule has 4 aromatic carbocycles. The first-order valence-corrected chi connectivity index (χ1v) is 13.7. The molecule has 0 aliphatic carbocycles. The molecule has 4 aromatic rings. The second kappa shape index (κ2) is 15.3. The number of nitrogens with one attached hydrogen (secondary N) is 3. The number of hydrogen-bond acceptors (Lipinski definition) is 3. The van der Waals surface area contributed by atoms with Crippen LogP contribution in [0.5, 0.6) is 0 Å². The van der Waals surface area contributed by atoms with Gasteiger partial charge in [-0.15, -0.1) is 0 Å². The highest BCUT2D eigenvalue weighted by Gasteiger charge is 2.22. The summed E-state index contributed by atoms with van der Waals surface area (Å²) >= 11 is 0. The van der Waals surface area contributed by atoms with Crippen LogP contribution in [-0.4, -0.2) is 30.9 Å². The van der Waals surface area contributed by atoms with Crippen molar-refractivity contribution in [2.45, 2.75) is 38.3 Å². The Labute approximate surface area is 231 Å². The molecule has 0 unspecified atom stereocenters. The third kappa shape index (κ3) is 8.94. The van der Waals surface area contributed by atoms with Gasteiger partial charge >= 0.3 is 0 Å². The monoisotopic (exact) mass is 519 g/mol. The molecule has 0 saturated carbocycles. The van der Waals surface area contributed by atoms with E-state index in [1.54, 1.807) is 0 Å². The average molecular weight is 520 g/mol. The van der Waals surface area contributed by atoms with Gasteiger partial charge in [-0.25, -0.2) is 0 Å². The molecule has 39 heavy (non-hydrogen) atoms. The van der Waals surface area contributed by atoms with Crippen molar-refractivity contribution in [3.05, 3.63) is 132 Å². The fourth-order valence-electron chi connectivity index (χ4n) is 4.58. The van der Waals surface area contributed by atoms with E-state index < -0.39 is 6.04 Å². The van der Waals surface area contributed by atoms with Crippen molar-refractivity contribution in [3.8, 4) is 11.1 Å². The third-order valence-corrected chi connectivity index (χ3v) is 6.70. The molecule has 0 aliphatic heterocycles. The zero-order chi connectivity index (χ0) is 27.1. The van der Waals surface area contributed by atoms with Crippen molar-refractivity contribution in [1.82, 2.24) is 16.0 Å². The van der Waals surface area contributed by atoms with Crippen molar-refractivity contribution < 1.29 is 9.59 Å². The van der Waals surface area contributed by atoms with Crippen LogP contribution in [0, 0.1) is 0 Å². The minimum Gasteiger partial charge on any atom is -0.354 e. The number of benzene rings is 4. The number of carbonyl (C=O) groups excluding carboxylic acids is 2. The van der Waals surface area contributed by atoms with Gasteiger partial charge in [0.2, 0.25) is 5.91 Å². The zero-order valence-corrected chi connectivity index (χ0v) is 22.3. The summed E-state index contributed by atoms with van der Waals surface area (Å²) in [5, 5.41) is 9.54. The highest BCUT2D eigenvalue weighted by Crippen LogP contribution is 2.23. The lowest BCUT2D eigenvalue weighted by atomic mass is 9.98. The fourth-order valence-corrected chi connectivity index (χ4v) is 4.58. The molecule has 0 bridgehead atoms. The maximum atomic E-state index is 13.4. The maximum absolute atomic E-state index is 13.4. The second-order valence-corrected chi connectivity index (χ2v) is 9.62. The van der Waals surface area contributed by atoms with Crippen LogP contribution in [-0.2, 0) is 17.8 Å². The normalized spacial score (nSPS) is 11.5. The van der Waals surface area contributed by atoms with Gasteiger partial charge in [0, 0.05) is 18.7 Å². The SMILES string of the molecule is O=C(N[C@@H](CCCCNCc1ccccc1)C(=O)NCCc1ccccc1)c1ccccc1-c1ccccc1. The summed E-state index contributed by atoms with van der Waals surface area (Å²) in [4.78, 5) is 26.7. The van der Waals surface area contributed by atoms with Crippen molar-refractivity contribution in [2.24, 2.45) is 0 Å². The Kier molecular flexibility index (Phi) is 10.9. The van der Waals surface area contributed by atoms with Gasteiger partial charge in [-0.1, -0.05) is 109 Å². The van der Waals surface area contributed by atoms with Gasteiger partial charge in [0.05, 0.1) is 0 Å². The van der Waals surface area contributed by atoms with Crippen LogP contribution >= 0.6 is 0 Å². The summed E-state index contributed by atoms with van der Waals surface area (Å²) in [5.41, 5.74) is 4.80. The Morgan fingerprint density at radius 1 is 0.641 bits per heavy atom. The molecule has 0 fully saturated rings. The lowest BCUT2D eigenvalue weighted by Crippen LogP contribution is -2.47. The minimum absolute atomic E-state index is 0.145. The van der Waals surface area contributed by atoms with E-state index in [1.165, 1.54) is 11.1 Å². The Bertz CT molecular complexity index is 1290. The van der Waals surface area contributed by atoms with Crippen molar-refractivity contribution in [3.63, 3.8) is 0 Å². The molecule has 5 nitrogen and oxygen atoms in total. The largest absolute Gasteiger partial charge is 0.354 e. The van der Waals surface area contributed by atoms with Crippen molar-refractivity contribution in [1.29, 1.82) is 0 Å². The third-order valence-electron chi connectivity index (χ3n) is 6.70. The first-order valence-electron chi connectivity index (χ1n) is 13.7. The van der Waals surface area contributed by atoms with Crippen LogP contribution in [0.3, 0.4) is 0 Å². The summed E-state index contributed by atoms with van der Waals surface area (Å²) in [6, 6.07) is 37.2. The topological polar surface area (TPSA) is 70.2 Å². The number of rotatable bonds is 14. The van der Waals surface area contributed by atoms with E-state index in [-0.39, 0.29) is 11.8 Å². The first-order chi connectivity index (χ1) is 19.2. The molecule has 200 valence electrons. The molecule has 0 spiro atoms. The Hall–Kier alpha value is -4.22. The van der Waals surface area contributed by atoms with Gasteiger partial charge in [-0.2, -0.15) is 0 Å². The van der Waals surface area contributed by atoms with Crippen LogP contribution in [0.15, 0.2) is 115 Å². The minimum atomic E-state index is -0.605. The van der Waals surface area contributed by atoms with Gasteiger partial charge in [0.25, 0.3) is 5.91 Å². The molecule has 0 radical (unpaired) electrons. The molecular formula is C34H37N3O2. The Morgan fingerprint density at radius 3 is 1.97 bits per heavy atom. The van der Waals surface area contributed by atoms with Crippen LogP contribution in [0.1, 0.15) is 40.7 Å². The predicted molar refractivity (Wildman–Crippen MR) is 158 cm³/mol. The van der Waals surface area contributed by atoms with Gasteiger partial charge in [-0.3, -0.25) is 9.59 Å². The predicted octanol–water partition coefficient (Wildman–Crippen LogP) is 5.77. The van der Waals surface area contributed by atoms with E-state index in [9.17, 15) is 9.59 Å². The second-order valence-electron chi connectivity index (χ2n) is 9.62. The van der Waals surface area contributed by atoms with Gasteiger partial charge in [0.1, 0.15) is 6.04 Å². The van der Waals surface area contributed by atoms with Crippen molar-refractivity contribution in [2.75, 3.05) is 13.1 Å². The molecule has 0 saturated heterocycles. The van der Waals surface area contributed by atoms with Crippen LogP contribution in [0.4, 0.5) is 0 Å². The van der Waals surface area contributed by atoms with Crippen LogP contribution in [0.25, 0.3) is 11.1 Å². The van der Waals surface area contributed by atoms with Gasteiger partial charge < -0.3 is 16.0 Å². The van der Waals surface area contributed by atoms with E-state index in [0.717, 1.165) is 43.5 Å². The fraction of sp³-hybridized carbons (Fsp3) is 0.235. The summed E-state index contributed by atoms with van der Waals surface area (Å²) in [5.74, 6) is -0.381. The molecule has 0 aromatic heterocycles. The quantitative estimate of drug-likeness (QED) is 0.185. The van der Waals surface area contributed by atoms with E-state index in [1.807, 2.05) is 103 Å². The lowest BCUT2D eigenvalue weighted by molar-refractivity contribution is -0.123. The summed E-state index contributed by atoms with van der Waals surface area (Å²) in [7, 11) is 0. The summed E-state index contributed by atoms with van der Waals surface area (Å²) < 4.78 is 0.